The first-order chi connectivity index (χ1) is 23.7. The third kappa shape index (κ3) is 8.77. The van der Waals surface area contributed by atoms with E-state index in [-0.39, 0.29) is 46.8 Å². The summed E-state index contributed by atoms with van der Waals surface area (Å²) >= 11 is 0. The van der Waals surface area contributed by atoms with Crippen molar-refractivity contribution in [3.8, 4) is 11.5 Å². The molecule has 1 saturated carbocycles. The predicted octanol–water partition coefficient (Wildman–Crippen LogP) is 6.13. The average Bonchev–Trinajstić information content (AvgIpc) is 3.13. The zero-order chi connectivity index (χ0) is 34.8. The van der Waals surface area contributed by atoms with Crippen LogP contribution < -0.4 is 19.1 Å². The fraction of sp³-hybridized carbons (Fsp3) is 0.316. The first-order valence-electron chi connectivity index (χ1n) is 16.4. The molecule has 258 valence electrons. The number of carbonyl (C=O) groups is 2. The lowest BCUT2D eigenvalue weighted by atomic mass is 9.94. The summed E-state index contributed by atoms with van der Waals surface area (Å²) < 4.78 is 55.5. The van der Waals surface area contributed by atoms with Crippen LogP contribution in [0, 0.1) is 5.82 Å². The molecule has 1 aliphatic rings. The van der Waals surface area contributed by atoms with E-state index in [9.17, 15) is 18.0 Å². The number of ether oxygens (including phenoxy) is 2. The van der Waals surface area contributed by atoms with Gasteiger partial charge in [0.05, 0.1) is 24.8 Å². The average molecular weight is 688 g/mol. The number of sulfonamides is 1. The van der Waals surface area contributed by atoms with Gasteiger partial charge >= 0.3 is 0 Å². The maximum atomic E-state index is 15.2. The number of nitrogens with zero attached hydrogens (tertiary/aromatic N) is 2. The Morgan fingerprint density at radius 1 is 0.837 bits per heavy atom. The smallest absolute Gasteiger partial charge is 0.264 e. The van der Waals surface area contributed by atoms with Crippen LogP contribution in [0.5, 0.6) is 11.5 Å². The van der Waals surface area contributed by atoms with Crippen molar-refractivity contribution in [3.63, 3.8) is 0 Å². The van der Waals surface area contributed by atoms with E-state index in [1.165, 1.54) is 49.5 Å². The van der Waals surface area contributed by atoms with Crippen LogP contribution in [0.1, 0.15) is 43.2 Å². The summed E-state index contributed by atoms with van der Waals surface area (Å²) in [4.78, 5) is 30.2. The summed E-state index contributed by atoms with van der Waals surface area (Å²) in [5, 5.41) is 3.15. The van der Waals surface area contributed by atoms with Crippen molar-refractivity contribution >= 4 is 27.5 Å². The number of nitrogens with one attached hydrogen (secondary N) is 1. The molecule has 2 amide bonds. The quantitative estimate of drug-likeness (QED) is 0.171. The van der Waals surface area contributed by atoms with E-state index in [1.54, 1.807) is 42.5 Å². The van der Waals surface area contributed by atoms with Gasteiger partial charge in [0.25, 0.3) is 10.0 Å². The Hall–Kier alpha value is -4.90. The summed E-state index contributed by atoms with van der Waals surface area (Å²) in [6, 6.07) is 26.5. The molecule has 4 aromatic carbocycles. The minimum atomic E-state index is -4.32. The lowest BCUT2D eigenvalue weighted by Crippen LogP contribution is -2.55. The molecule has 0 bridgehead atoms. The summed E-state index contributed by atoms with van der Waals surface area (Å²) in [7, 11) is -1.43. The fourth-order valence-electron chi connectivity index (χ4n) is 6.14. The van der Waals surface area contributed by atoms with E-state index in [4.69, 9.17) is 9.47 Å². The van der Waals surface area contributed by atoms with Gasteiger partial charge in [0.2, 0.25) is 11.8 Å². The van der Waals surface area contributed by atoms with Crippen LogP contribution in [0.2, 0.25) is 0 Å². The first-order valence-corrected chi connectivity index (χ1v) is 17.8. The van der Waals surface area contributed by atoms with Crippen LogP contribution in [0.3, 0.4) is 0 Å². The molecule has 9 nitrogen and oxygen atoms in total. The van der Waals surface area contributed by atoms with Gasteiger partial charge < -0.3 is 19.7 Å². The number of benzene rings is 4. The van der Waals surface area contributed by atoms with Crippen LogP contribution >= 0.6 is 0 Å². The lowest BCUT2D eigenvalue weighted by molar-refractivity contribution is -0.140. The minimum absolute atomic E-state index is 0.0332. The SMILES string of the molecule is COc1ccc(N(CC(=O)N(Cc2ccccc2F)[C@@H](Cc2ccccc2)C(=O)NC2CCCCC2)S(=O)(=O)c2ccccc2)cc1OC. The van der Waals surface area contributed by atoms with Gasteiger partial charge in [-0.3, -0.25) is 13.9 Å². The number of rotatable bonds is 14. The Labute approximate surface area is 287 Å². The molecule has 1 atom stereocenters. The summed E-state index contributed by atoms with van der Waals surface area (Å²) in [6.07, 6.45) is 4.87. The number of methoxy groups -OCH3 is 2. The van der Waals surface area contributed by atoms with E-state index in [0.29, 0.717) is 5.75 Å². The molecule has 5 rings (SSSR count). The Kier molecular flexibility index (Phi) is 11.9. The van der Waals surface area contributed by atoms with Crippen LogP contribution in [0.15, 0.2) is 108 Å². The zero-order valence-corrected chi connectivity index (χ0v) is 28.6. The van der Waals surface area contributed by atoms with Crippen LogP contribution in [0.4, 0.5) is 10.1 Å². The molecule has 0 radical (unpaired) electrons. The summed E-state index contributed by atoms with van der Waals surface area (Å²) in [5.41, 5.74) is 1.14. The molecule has 0 saturated heterocycles. The third-order valence-electron chi connectivity index (χ3n) is 8.79. The number of amides is 2. The highest BCUT2D eigenvalue weighted by Crippen LogP contribution is 2.34. The maximum absolute atomic E-state index is 15.2. The second-order valence-corrected chi connectivity index (χ2v) is 13.9. The van der Waals surface area contributed by atoms with Crippen LogP contribution in [-0.4, -0.2) is 58.0 Å². The molecule has 1 N–H and O–H groups in total. The highest BCUT2D eigenvalue weighted by Gasteiger charge is 2.36. The van der Waals surface area contributed by atoms with Crippen LogP contribution in [-0.2, 0) is 32.6 Å². The van der Waals surface area contributed by atoms with Gasteiger partial charge in [0, 0.05) is 30.6 Å². The molecule has 0 unspecified atom stereocenters. The Balaban J connectivity index is 1.59. The summed E-state index contributed by atoms with van der Waals surface area (Å²) in [6.45, 7) is -0.935. The number of anilines is 1. The maximum Gasteiger partial charge on any atom is 0.264 e. The molecule has 1 fully saturated rings. The topological polar surface area (TPSA) is 105 Å². The predicted molar refractivity (Wildman–Crippen MR) is 186 cm³/mol. The molecular formula is C38H42FN3O6S. The first kappa shape index (κ1) is 35.4. The van der Waals surface area contributed by atoms with Crippen molar-refractivity contribution < 1.29 is 31.9 Å². The highest BCUT2D eigenvalue weighted by molar-refractivity contribution is 7.92. The van der Waals surface area contributed by atoms with Gasteiger partial charge in [-0.05, 0) is 48.7 Å². The van der Waals surface area contributed by atoms with Crippen molar-refractivity contribution in [2.45, 2.75) is 62.0 Å². The Morgan fingerprint density at radius 2 is 1.47 bits per heavy atom. The largest absolute Gasteiger partial charge is 0.493 e. The van der Waals surface area contributed by atoms with Crippen molar-refractivity contribution in [1.82, 2.24) is 10.2 Å². The van der Waals surface area contributed by atoms with E-state index in [1.807, 2.05) is 30.3 Å². The second kappa shape index (κ2) is 16.5. The number of carbonyl (C=O) groups excluding carboxylic acids is 2. The van der Waals surface area contributed by atoms with E-state index >= 15 is 4.39 Å². The molecule has 0 aromatic heterocycles. The minimum Gasteiger partial charge on any atom is -0.493 e. The number of halogens is 1. The van der Waals surface area contributed by atoms with Gasteiger partial charge in [-0.15, -0.1) is 0 Å². The van der Waals surface area contributed by atoms with E-state index < -0.39 is 34.3 Å². The number of hydrogen-bond donors (Lipinski definition) is 1. The Bertz CT molecular complexity index is 1820. The van der Waals surface area contributed by atoms with Gasteiger partial charge in [0.15, 0.2) is 11.5 Å². The van der Waals surface area contributed by atoms with Crippen molar-refractivity contribution in [2.24, 2.45) is 0 Å². The van der Waals surface area contributed by atoms with Crippen molar-refractivity contribution in [1.29, 1.82) is 0 Å². The number of hydrogen-bond acceptors (Lipinski definition) is 6. The molecule has 4 aromatic rings. The Morgan fingerprint density at radius 3 is 2.12 bits per heavy atom. The van der Waals surface area contributed by atoms with Crippen molar-refractivity contribution in [2.75, 3.05) is 25.1 Å². The lowest BCUT2D eigenvalue weighted by Gasteiger charge is -2.35. The molecule has 11 heteroatoms. The molecule has 0 heterocycles. The highest BCUT2D eigenvalue weighted by atomic mass is 32.2. The van der Waals surface area contributed by atoms with E-state index in [0.717, 1.165) is 42.0 Å². The zero-order valence-electron chi connectivity index (χ0n) is 27.8. The molecule has 1 aliphatic carbocycles. The van der Waals surface area contributed by atoms with Gasteiger partial charge in [0.1, 0.15) is 18.4 Å². The molecule has 0 aliphatic heterocycles. The molecular weight excluding hydrogens is 645 g/mol. The van der Waals surface area contributed by atoms with E-state index in [2.05, 4.69) is 5.32 Å². The standard InChI is InChI=1S/C38H42FN3O6S/c1-47-35-23-22-31(25-36(35)48-2)42(49(45,46)32-19-10-5-11-20-32)27-37(43)41(26-29-16-12-13-21-33(29)39)34(24-28-14-6-3-7-15-28)38(44)40-30-17-8-4-9-18-30/h3,5-7,10-16,19-23,25,30,34H,4,8-9,17-18,24,26-27H2,1-2H3,(H,40,44)/t34-/m0/s1. The normalized spacial score (nSPS) is 14.0. The monoisotopic (exact) mass is 687 g/mol. The van der Waals surface area contributed by atoms with Gasteiger partial charge in [-0.25, -0.2) is 12.8 Å². The summed E-state index contributed by atoms with van der Waals surface area (Å²) in [5.74, 6) is -0.961. The van der Waals surface area contributed by atoms with Gasteiger partial charge in [-0.1, -0.05) is 86.0 Å². The van der Waals surface area contributed by atoms with Crippen LogP contribution in [0.25, 0.3) is 0 Å². The molecule has 49 heavy (non-hydrogen) atoms. The van der Waals surface area contributed by atoms with Gasteiger partial charge in [-0.2, -0.15) is 0 Å². The molecule has 0 spiro atoms. The van der Waals surface area contributed by atoms with Crippen molar-refractivity contribution in [3.05, 3.63) is 120 Å². The second-order valence-electron chi connectivity index (χ2n) is 12.0. The fourth-order valence-corrected chi connectivity index (χ4v) is 7.56. The third-order valence-corrected chi connectivity index (χ3v) is 10.6.